The quantitative estimate of drug-likeness (QED) is 0.341. The second-order valence-corrected chi connectivity index (χ2v) is 8.50. The Morgan fingerprint density at radius 1 is 1.04 bits per heavy atom. The fraction of sp³-hybridized carbons (Fsp3) is 0.136. The van der Waals surface area contributed by atoms with Gasteiger partial charge in [-0.15, -0.1) is 11.3 Å². The number of fused-ring (bicyclic) bond motifs is 1. The van der Waals surface area contributed by atoms with Crippen LogP contribution in [-0.4, -0.2) is 21.6 Å². The third kappa shape index (κ3) is 4.08. The fourth-order valence-corrected chi connectivity index (χ4v) is 4.69. The molecule has 2 heterocycles. The Morgan fingerprint density at radius 3 is 2.64 bits per heavy atom. The fourth-order valence-electron chi connectivity index (χ4n) is 2.84. The normalized spacial score (nSPS) is 10.9. The van der Waals surface area contributed by atoms with Gasteiger partial charge >= 0.3 is 0 Å². The zero-order chi connectivity index (χ0) is 19.5. The summed E-state index contributed by atoms with van der Waals surface area (Å²) in [6, 6.07) is 18.3. The van der Waals surface area contributed by atoms with Gasteiger partial charge in [0.05, 0.1) is 5.75 Å². The van der Waals surface area contributed by atoms with E-state index in [1.54, 1.807) is 17.7 Å². The maximum atomic E-state index is 12.4. The van der Waals surface area contributed by atoms with Crippen LogP contribution in [0, 0.1) is 13.8 Å². The minimum Gasteiger partial charge on any atom is -0.325 e. The molecule has 0 radical (unpaired) electrons. The van der Waals surface area contributed by atoms with Gasteiger partial charge in [-0.3, -0.25) is 4.79 Å². The molecule has 2 aromatic carbocycles. The van der Waals surface area contributed by atoms with Gasteiger partial charge in [0.25, 0.3) is 0 Å². The molecule has 0 spiro atoms. The summed E-state index contributed by atoms with van der Waals surface area (Å²) in [6.07, 6.45) is 1.57. The number of anilines is 1. The minimum atomic E-state index is -0.0430. The summed E-state index contributed by atoms with van der Waals surface area (Å²) in [5.74, 6) is 0.258. The first-order valence-corrected chi connectivity index (χ1v) is 10.7. The first kappa shape index (κ1) is 18.7. The van der Waals surface area contributed by atoms with Gasteiger partial charge in [-0.1, -0.05) is 48.2 Å². The smallest absolute Gasteiger partial charge is 0.234 e. The highest BCUT2D eigenvalue weighted by Gasteiger charge is 2.12. The zero-order valence-corrected chi connectivity index (χ0v) is 17.2. The molecule has 2 aromatic heterocycles. The van der Waals surface area contributed by atoms with Crippen LogP contribution in [0.3, 0.4) is 0 Å². The van der Waals surface area contributed by atoms with Crippen LogP contribution in [0.25, 0.3) is 20.7 Å². The van der Waals surface area contributed by atoms with E-state index in [-0.39, 0.29) is 5.91 Å². The number of amides is 1. The van der Waals surface area contributed by atoms with Gasteiger partial charge in [-0.05, 0) is 48.7 Å². The topological polar surface area (TPSA) is 54.9 Å². The molecule has 0 saturated heterocycles. The standard InChI is InChI=1S/C22H19N3OS2/c1-14-8-9-17(10-15(14)2)25-20(26)12-27-21-18-11-19(16-6-4-3-5-7-16)28-22(18)24-13-23-21/h3-11,13H,12H2,1-2H3,(H,25,26). The highest BCUT2D eigenvalue weighted by atomic mass is 32.2. The van der Waals surface area contributed by atoms with E-state index in [1.807, 2.05) is 43.3 Å². The third-order valence-electron chi connectivity index (χ3n) is 4.48. The number of hydrogen-bond acceptors (Lipinski definition) is 5. The van der Waals surface area contributed by atoms with E-state index >= 15 is 0 Å². The van der Waals surface area contributed by atoms with Crippen LogP contribution in [0.5, 0.6) is 0 Å². The predicted octanol–water partition coefficient (Wildman–Crippen LogP) is 5.71. The number of thioether (sulfide) groups is 1. The van der Waals surface area contributed by atoms with Crippen molar-refractivity contribution >= 4 is 44.9 Å². The lowest BCUT2D eigenvalue weighted by Crippen LogP contribution is -2.14. The predicted molar refractivity (Wildman–Crippen MR) is 118 cm³/mol. The van der Waals surface area contributed by atoms with Gasteiger partial charge in [0, 0.05) is 16.0 Å². The van der Waals surface area contributed by atoms with Crippen LogP contribution < -0.4 is 5.32 Å². The number of hydrogen-bond donors (Lipinski definition) is 1. The molecule has 4 aromatic rings. The van der Waals surface area contributed by atoms with Crippen molar-refractivity contribution in [1.82, 2.24) is 9.97 Å². The molecule has 28 heavy (non-hydrogen) atoms. The minimum absolute atomic E-state index is 0.0430. The SMILES string of the molecule is Cc1ccc(NC(=O)CSc2ncnc3sc(-c4ccccc4)cc23)cc1C. The van der Waals surface area contributed by atoms with Gasteiger partial charge in [-0.25, -0.2) is 9.97 Å². The van der Waals surface area contributed by atoms with Crippen LogP contribution in [0.4, 0.5) is 5.69 Å². The summed E-state index contributed by atoms with van der Waals surface area (Å²) in [4.78, 5) is 23.3. The second-order valence-electron chi connectivity index (χ2n) is 6.51. The summed E-state index contributed by atoms with van der Waals surface area (Å²) in [6.45, 7) is 4.10. The average molecular weight is 406 g/mol. The number of benzene rings is 2. The second kappa shape index (κ2) is 8.12. The average Bonchev–Trinajstić information content (AvgIpc) is 3.15. The van der Waals surface area contributed by atoms with E-state index in [4.69, 9.17) is 0 Å². The van der Waals surface area contributed by atoms with Crippen molar-refractivity contribution in [3.05, 3.63) is 72.1 Å². The van der Waals surface area contributed by atoms with Crippen molar-refractivity contribution in [2.24, 2.45) is 0 Å². The van der Waals surface area contributed by atoms with Crippen LogP contribution in [0.2, 0.25) is 0 Å². The summed E-state index contributed by atoms with van der Waals surface area (Å²) < 4.78 is 0. The lowest BCUT2D eigenvalue weighted by Gasteiger charge is -2.07. The molecule has 0 atom stereocenters. The lowest BCUT2D eigenvalue weighted by molar-refractivity contribution is -0.113. The number of rotatable bonds is 5. The molecular weight excluding hydrogens is 386 g/mol. The molecule has 1 amide bonds. The van der Waals surface area contributed by atoms with Crippen molar-refractivity contribution in [2.75, 3.05) is 11.1 Å². The van der Waals surface area contributed by atoms with Crippen molar-refractivity contribution in [2.45, 2.75) is 18.9 Å². The lowest BCUT2D eigenvalue weighted by atomic mass is 10.1. The number of aryl methyl sites for hydroxylation is 2. The number of carbonyl (C=O) groups is 1. The molecular formula is C22H19N3OS2. The maximum Gasteiger partial charge on any atom is 0.234 e. The van der Waals surface area contributed by atoms with Gasteiger partial charge in [0.2, 0.25) is 5.91 Å². The number of thiophene rings is 1. The summed E-state index contributed by atoms with van der Waals surface area (Å²) in [5, 5.41) is 4.79. The van der Waals surface area contributed by atoms with E-state index < -0.39 is 0 Å². The first-order valence-electron chi connectivity index (χ1n) is 8.90. The molecule has 6 heteroatoms. The molecule has 0 fully saturated rings. The van der Waals surface area contributed by atoms with E-state index in [1.165, 1.54) is 17.3 Å². The Labute approximate surface area is 172 Å². The van der Waals surface area contributed by atoms with E-state index in [9.17, 15) is 4.79 Å². The monoisotopic (exact) mass is 405 g/mol. The van der Waals surface area contributed by atoms with Gasteiger partial charge in [-0.2, -0.15) is 0 Å². The van der Waals surface area contributed by atoms with Gasteiger partial charge < -0.3 is 5.32 Å². The molecule has 140 valence electrons. The number of carbonyl (C=O) groups excluding carboxylic acids is 1. The van der Waals surface area contributed by atoms with Crippen molar-refractivity contribution < 1.29 is 4.79 Å². The van der Waals surface area contributed by atoms with Crippen LogP contribution >= 0.6 is 23.1 Å². The van der Waals surface area contributed by atoms with Crippen molar-refractivity contribution in [1.29, 1.82) is 0 Å². The van der Waals surface area contributed by atoms with E-state index in [0.717, 1.165) is 36.9 Å². The van der Waals surface area contributed by atoms with Crippen molar-refractivity contribution in [3.8, 4) is 10.4 Å². The third-order valence-corrected chi connectivity index (χ3v) is 6.58. The van der Waals surface area contributed by atoms with E-state index in [2.05, 4.69) is 40.4 Å². The molecule has 4 nitrogen and oxygen atoms in total. The highest BCUT2D eigenvalue weighted by Crippen LogP contribution is 2.36. The molecule has 4 rings (SSSR count). The first-order chi connectivity index (χ1) is 13.6. The highest BCUT2D eigenvalue weighted by molar-refractivity contribution is 8.00. The zero-order valence-electron chi connectivity index (χ0n) is 15.6. The van der Waals surface area contributed by atoms with Gasteiger partial charge in [0.15, 0.2) is 0 Å². The Bertz CT molecular complexity index is 1140. The Morgan fingerprint density at radius 2 is 1.86 bits per heavy atom. The van der Waals surface area contributed by atoms with Crippen molar-refractivity contribution in [3.63, 3.8) is 0 Å². The van der Waals surface area contributed by atoms with E-state index in [0.29, 0.717) is 5.75 Å². The van der Waals surface area contributed by atoms with Crippen LogP contribution in [-0.2, 0) is 4.79 Å². The Balaban J connectivity index is 1.49. The molecule has 0 unspecified atom stereocenters. The largest absolute Gasteiger partial charge is 0.325 e. The molecule has 0 aliphatic heterocycles. The number of nitrogens with zero attached hydrogens (tertiary/aromatic N) is 2. The summed E-state index contributed by atoms with van der Waals surface area (Å²) in [7, 11) is 0. The number of nitrogens with one attached hydrogen (secondary N) is 1. The van der Waals surface area contributed by atoms with Gasteiger partial charge in [0.1, 0.15) is 16.2 Å². The summed E-state index contributed by atoms with van der Waals surface area (Å²) in [5.41, 5.74) is 4.36. The van der Waals surface area contributed by atoms with Crippen LogP contribution in [0.1, 0.15) is 11.1 Å². The molecule has 1 N–H and O–H groups in total. The molecule has 0 aliphatic carbocycles. The Kier molecular flexibility index (Phi) is 5.41. The Hall–Kier alpha value is -2.70. The maximum absolute atomic E-state index is 12.4. The molecule has 0 saturated carbocycles. The number of aromatic nitrogens is 2. The molecule has 0 aliphatic rings. The van der Waals surface area contributed by atoms with Crippen LogP contribution in [0.15, 0.2) is 66.0 Å². The molecule has 0 bridgehead atoms. The summed E-state index contributed by atoms with van der Waals surface area (Å²) >= 11 is 3.08.